The molecule has 2 N–H and O–H groups in total. The van der Waals surface area contributed by atoms with Gasteiger partial charge in [-0.05, 0) is 99.9 Å². The van der Waals surface area contributed by atoms with E-state index in [-0.39, 0.29) is 23.1 Å². The van der Waals surface area contributed by atoms with Crippen molar-refractivity contribution in [2.75, 3.05) is 5.32 Å². The van der Waals surface area contributed by atoms with Gasteiger partial charge in [-0.1, -0.05) is 72.6 Å². The van der Waals surface area contributed by atoms with E-state index in [2.05, 4.69) is 39.9 Å². The maximum absolute atomic E-state index is 11.7. The summed E-state index contributed by atoms with van der Waals surface area (Å²) in [4.78, 5) is 11.7. The molecule has 0 aliphatic carbocycles. The normalized spacial score (nSPS) is 18.9. The van der Waals surface area contributed by atoms with Gasteiger partial charge in [0.25, 0.3) is 0 Å². The Hall–Kier alpha value is -2.69. The number of carbonyl (C=O) groups is 1. The first kappa shape index (κ1) is 29.4. The maximum atomic E-state index is 11.7. The van der Waals surface area contributed by atoms with Crippen LogP contribution in [0, 0.1) is 38.5 Å². The second-order valence-corrected chi connectivity index (χ2v) is 13.6. The van der Waals surface area contributed by atoms with Crippen molar-refractivity contribution in [1.82, 2.24) is 0 Å². The van der Waals surface area contributed by atoms with Crippen LogP contribution in [-0.4, -0.2) is 16.6 Å². The molecule has 234 valence electrons. The van der Waals surface area contributed by atoms with E-state index in [9.17, 15) is 9.90 Å². The van der Waals surface area contributed by atoms with Gasteiger partial charge in [0.1, 0.15) is 17.1 Å². The first-order chi connectivity index (χ1) is 21.1. The largest absolute Gasteiger partial charge is 0.504 e. The fraction of sp³-hybridized carbons (Fsp3) is 0.649. The Morgan fingerprint density at radius 3 is 2.24 bits per heavy atom. The molecule has 0 radical (unpaired) electrons. The highest BCUT2D eigenvalue weighted by Gasteiger charge is 2.34. The average molecular weight is 583 g/mol. The molecule has 0 fully saturated rings. The van der Waals surface area contributed by atoms with Crippen molar-refractivity contribution in [1.29, 1.82) is 0 Å². The SMILES string of the molecule is [2H]c1c([2H])c(NC(C)=O)c([2H])c(Oc2c(C)c(C)c3c(c2C)CC[C@@](C)(CCC[C@H](C)CCC[C@H](C)CCCC(C)C)O3)c1O. The standard InChI is InChI=1S/C37H57NO4/c1-24(2)13-10-14-25(3)15-11-16-26(4)17-12-21-37(9)22-20-32-29(7)35(27(5)28(6)36(32)42-37)41-34-23-31(38-30(8)39)18-19-33(34)40/h18-19,23-26,40H,10-17,20-22H2,1-9H3,(H,38,39)/t25-,26-,37-/m1/s1/i18D,19D,23D. The molecular weight excluding hydrogens is 522 g/mol. The number of carbonyl (C=O) groups excluding carboxylic acids is 1. The predicted octanol–water partition coefficient (Wildman–Crippen LogP) is 10.6. The summed E-state index contributed by atoms with van der Waals surface area (Å²) in [5.41, 5.74) is 3.28. The van der Waals surface area contributed by atoms with Crippen molar-refractivity contribution in [3.8, 4) is 23.0 Å². The molecule has 5 nitrogen and oxygen atoms in total. The molecule has 0 spiro atoms. The zero-order valence-corrected chi connectivity index (χ0v) is 27.7. The second kappa shape index (κ2) is 15.2. The number of rotatable bonds is 15. The lowest BCUT2D eigenvalue weighted by atomic mass is 9.83. The molecule has 2 aromatic carbocycles. The highest BCUT2D eigenvalue weighted by atomic mass is 16.5. The maximum Gasteiger partial charge on any atom is 0.221 e. The number of amides is 1. The molecule has 1 aliphatic rings. The Balaban J connectivity index is 1.67. The quantitative estimate of drug-likeness (QED) is 0.205. The number of aromatic hydroxyl groups is 1. The summed E-state index contributed by atoms with van der Waals surface area (Å²) < 4.78 is 37.8. The number of hydrogen-bond acceptors (Lipinski definition) is 4. The molecular formula is C37H57NO4. The Bertz CT molecular complexity index is 1360. The van der Waals surface area contributed by atoms with Crippen LogP contribution in [0.15, 0.2) is 18.1 Å². The van der Waals surface area contributed by atoms with Crippen LogP contribution in [0.25, 0.3) is 0 Å². The average Bonchev–Trinajstić information content (AvgIpc) is 2.96. The fourth-order valence-corrected chi connectivity index (χ4v) is 6.21. The van der Waals surface area contributed by atoms with Crippen molar-refractivity contribution in [2.24, 2.45) is 17.8 Å². The summed E-state index contributed by atoms with van der Waals surface area (Å²) in [6.45, 7) is 18.8. The highest BCUT2D eigenvalue weighted by molar-refractivity contribution is 5.89. The van der Waals surface area contributed by atoms with Gasteiger partial charge in [-0.25, -0.2) is 0 Å². The molecule has 1 amide bonds. The van der Waals surface area contributed by atoms with Crippen LogP contribution in [0.4, 0.5) is 5.69 Å². The highest BCUT2D eigenvalue weighted by Crippen LogP contribution is 2.47. The van der Waals surface area contributed by atoms with E-state index >= 15 is 0 Å². The number of anilines is 1. The smallest absolute Gasteiger partial charge is 0.221 e. The number of nitrogens with one attached hydrogen (secondary N) is 1. The Labute approximate surface area is 260 Å². The van der Waals surface area contributed by atoms with Gasteiger partial charge in [-0.3, -0.25) is 4.79 Å². The molecule has 1 heterocycles. The van der Waals surface area contributed by atoms with E-state index in [1.807, 2.05) is 20.8 Å². The van der Waals surface area contributed by atoms with E-state index in [4.69, 9.17) is 13.6 Å². The van der Waals surface area contributed by atoms with Gasteiger partial charge in [0.05, 0.1) is 4.11 Å². The Morgan fingerprint density at radius 1 is 1.00 bits per heavy atom. The van der Waals surface area contributed by atoms with Crippen LogP contribution >= 0.6 is 0 Å². The van der Waals surface area contributed by atoms with Gasteiger partial charge < -0.3 is 19.9 Å². The van der Waals surface area contributed by atoms with Crippen molar-refractivity contribution in [3.05, 3.63) is 40.4 Å². The lowest BCUT2D eigenvalue weighted by molar-refractivity contribution is -0.114. The molecule has 5 heteroatoms. The predicted molar refractivity (Wildman–Crippen MR) is 175 cm³/mol. The van der Waals surface area contributed by atoms with Crippen molar-refractivity contribution in [2.45, 2.75) is 139 Å². The summed E-state index contributed by atoms with van der Waals surface area (Å²) in [5.74, 6) is 2.42. The van der Waals surface area contributed by atoms with Crippen LogP contribution in [0.3, 0.4) is 0 Å². The van der Waals surface area contributed by atoms with Gasteiger partial charge in [0.2, 0.25) is 5.91 Å². The van der Waals surface area contributed by atoms with E-state index in [1.165, 1.54) is 51.9 Å². The number of benzene rings is 2. The van der Waals surface area contributed by atoms with Crippen LogP contribution in [0.5, 0.6) is 23.0 Å². The van der Waals surface area contributed by atoms with E-state index in [1.54, 1.807) is 0 Å². The van der Waals surface area contributed by atoms with Crippen molar-refractivity contribution >= 4 is 11.6 Å². The first-order valence-corrected chi connectivity index (χ1v) is 16.2. The van der Waals surface area contributed by atoms with Gasteiger partial charge >= 0.3 is 0 Å². The third kappa shape index (κ3) is 9.41. The van der Waals surface area contributed by atoms with E-state index in [0.717, 1.165) is 71.4 Å². The zero-order chi connectivity index (χ0) is 33.6. The molecule has 3 rings (SSSR count). The third-order valence-electron chi connectivity index (χ3n) is 9.10. The van der Waals surface area contributed by atoms with E-state index in [0.29, 0.717) is 5.75 Å². The topological polar surface area (TPSA) is 67.8 Å². The van der Waals surface area contributed by atoms with Gasteiger partial charge in [0.15, 0.2) is 11.5 Å². The zero-order valence-electron chi connectivity index (χ0n) is 30.7. The third-order valence-corrected chi connectivity index (χ3v) is 9.10. The Morgan fingerprint density at radius 2 is 1.62 bits per heavy atom. The molecule has 2 aromatic rings. The minimum absolute atomic E-state index is 0.162. The molecule has 0 aromatic heterocycles. The van der Waals surface area contributed by atoms with Crippen LogP contribution < -0.4 is 14.8 Å². The molecule has 0 bridgehead atoms. The van der Waals surface area contributed by atoms with Gasteiger partial charge in [-0.2, -0.15) is 0 Å². The number of ether oxygens (including phenoxy) is 2. The first-order valence-electron chi connectivity index (χ1n) is 17.7. The minimum Gasteiger partial charge on any atom is -0.504 e. The van der Waals surface area contributed by atoms with Crippen molar-refractivity contribution < 1.29 is 23.5 Å². The minimum atomic E-state index is -0.595. The second-order valence-electron chi connectivity index (χ2n) is 13.6. The molecule has 0 unspecified atom stereocenters. The monoisotopic (exact) mass is 582 g/mol. The number of phenolic OH excluding ortho intramolecular Hbond substituents is 1. The van der Waals surface area contributed by atoms with E-state index < -0.39 is 23.7 Å². The summed E-state index contributed by atoms with van der Waals surface area (Å²) in [6.07, 6.45) is 13.1. The van der Waals surface area contributed by atoms with Crippen LogP contribution in [-0.2, 0) is 11.2 Å². The number of phenols is 1. The summed E-state index contributed by atoms with van der Waals surface area (Å²) >= 11 is 0. The summed E-state index contributed by atoms with van der Waals surface area (Å²) in [7, 11) is 0. The van der Waals surface area contributed by atoms with Crippen LogP contribution in [0.1, 0.15) is 132 Å². The molecule has 0 saturated heterocycles. The van der Waals surface area contributed by atoms with Gasteiger partial charge in [0, 0.05) is 24.2 Å². The summed E-state index contributed by atoms with van der Waals surface area (Å²) in [6, 6.07) is -1.28. The fourth-order valence-electron chi connectivity index (χ4n) is 6.21. The molecule has 3 atom stereocenters. The summed E-state index contributed by atoms with van der Waals surface area (Å²) in [5, 5.41) is 13.1. The van der Waals surface area contributed by atoms with Crippen LogP contribution in [0.2, 0.25) is 0 Å². The lowest BCUT2D eigenvalue weighted by Gasteiger charge is -2.38. The molecule has 42 heavy (non-hydrogen) atoms. The number of hydrogen-bond donors (Lipinski definition) is 2. The molecule has 1 aliphatic heterocycles. The van der Waals surface area contributed by atoms with Crippen molar-refractivity contribution in [3.63, 3.8) is 0 Å². The number of fused-ring (bicyclic) bond motifs is 1. The molecule has 0 saturated carbocycles. The Kier molecular flexibility index (Phi) is 10.6. The lowest BCUT2D eigenvalue weighted by Crippen LogP contribution is -2.37. The van der Waals surface area contributed by atoms with Gasteiger partial charge in [-0.15, -0.1) is 0 Å².